The molecule has 144 valence electrons. The maximum Gasteiger partial charge on any atom is 0.160 e. The van der Waals surface area contributed by atoms with Crippen molar-refractivity contribution in [1.82, 2.24) is 0 Å². The molecule has 3 rings (SSSR count). The number of benzene rings is 1. The van der Waals surface area contributed by atoms with Crippen molar-refractivity contribution in [2.24, 2.45) is 17.8 Å². The van der Waals surface area contributed by atoms with Gasteiger partial charge in [0.05, 0.1) is 13.2 Å². The molecule has 0 aromatic heterocycles. The molecular weight excluding hydrogens is 327 g/mol. The van der Waals surface area contributed by atoms with E-state index in [0.717, 1.165) is 32.0 Å². The molecule has 3 heteroatoms. The molecule has 0 bridgehead atoms. The zero-order valence-electron chi connectivity index (χ0n) is 15.9. The quantitative estimate of drug-likeness (QED) is 0.424. The Balaban J connectivity index is 1.32. The second-order valence-corrected chi connectivity index (χ2v) is 8.07. The predicted molar refractivity (Wildman–Crippen MR) is 103 cm³/mol. The topological polar surface area (TPSA) is 18.5 Å². The standard InChI is InChI=1S/C23H33FO2/c1-2-3-4-5-20-16-25-23(26-17-20)21-12-8-18(9-13-21)6-7-19-10-14-22(24)15-11-19/h2,10-11,14-15,18,20-21,23H,1,3-9,12-13,16-17H2/t18-,20-,21-,23-. The molecule has 1 aliphatic carbocycles. The van der Waals surface area contributed by atoms with Crippen molar-refractivity contribution in [3.63, 3.8) is 0 Å². The Labute approximate surface area is 157 Å². The molecule has 0 amide bonds. The van der Waals surface area contributed by atoms with Crippen molar-refractivity contribution in [3.05, 3.63) is 48.3 Å². The van der Waals surface area contributed by atoms with E-state index in [4.69, 9.17) is 9.47 Å². The van der Waals surface area contributed by atoms with Gasteiger partial charge in [-0.05, 0) is 81.4 Å². The SMILES string of the molecule is C=CCCC[C@H]1CO[C@H]([C@H]2CC[C@H](CCc3ccc(F)cc3)CC2)OC1. The third-order valence-electron chi connectivity index (χ3n) is 6.04. The van der Waals surface area contributed by atoms with Crippen molar-refractivity contribution < 1.29 is 13.9 Å². The first-order valence-electron chi connectivity index (χ1n) is 10.3. The Morgan fingerprint density at radius 2 is 1.65 bits per heavy atom. The first-order chi connectivity index (χ1) is 12.7. The van der Waals surface area contributed by atoms with Gasteiger partial charge in [-0.25, -0.2) is 4.39 Å². The molecule has 2 aliphatic rings. The van der Waals surface area contributed by atoms with Gasteiger partial charge < -0.3 is 9.47 Å². The Morgan fingerprint density at radius 3 is 2.31 bits per heavy atom. The van der Waals surface area contributed by atoms with Gasteiger partial charge in [-0.2, -0.15) is 0 Å². The molecule has 2 nitrogen and oxygen atoms in total. The van der Waals surface area contributed by atoms with E-state index in [2.05, 4.69) is 6.58 Å². The summed E-state index contributed by atoms with van der Waals surface area (Å²) in [6, 6.07) is 6.95. The fourth-order valence-electron chi connectivity index (χ4n) is 4.32. The molecule has 2 fully saturated rings. The molecule has 0 radical (unpaired) electrons. The first-order valence-corrected chi connectivity index (χ1v) is 10.3. The van der Waals surface area contributed by atoms with Crippen LogP contribution in [-0.2, 0) is 15.9 Å². The summed E-state index contributed by atoms with van der Waals surface area (Å²) >= 11 is 0. The monoisotopic (exact) mass is 360 g/mol. The molecule has 1 heterocycles. The molecule has 1 aromatic rings. The Morgan fingerprint density at radius 1 is 0.962 bits per heavy atom. The molecule has 26 heavy (non-hydrogen) atoms. The van der Waals surface area contributed by atoms with Crippen LogP contribution < -0.4 is 0 Å². The van der Waals surface area contributed by atoms with Gasteiger partial charge in [0.2, 0.25) is 0 Å². The van der Waals surface area contributed by atoms with Crippen molar-refractivity contribution in [2.45, 2.75) is 64.1 Å². The van der Waals surface area contributed by atoms with Gasteiger partial charge in [-0.3, -0.25) is 0 Å². The van der Waals surface area contributed by atoms with Gasteiger partial charge in [0.1, 0.15) is 5.82 Å². The highest BCUT2D eigenvalue weighted by Crippen LogP contribution is 2.36. The van der Waals surface area contributed by atoms with Gasteiger partial charge in [0, 0.05) is 11.8 Å². The van der Waals surface area contributed by atoms with E-state index in [1.807, 2.05) is 18.2 Å². The summed E-state index contributed by atoms with van der Waals surface area (Å²) in [4.78, 5) is 0. The number of aryl methyl sites for hydroxylation is 1. The molecule has 0 spiro atoms. The van der Waals surface area contributed by atoms with E-state index in [1.165, 1.54) is 50.5 Å². The molecule has 0 atom stereocenters. The van der Waals surface area contributed by atoms with E-state index >= 15 is 0 Å². The summed E-state index contributed by atoms with van der Waals surface area (Å²) in [5.74, 6) is 1.75. The zero-order valence-corrected chi connectivity index (χ0v) is 15.9. The van der Waals surface area contributed by atoms with Crippen LogP contribution in [0, 0.1) is 23.6 Å². The van der Waals surface area contributed by atoms with E-state index in [0.29, 0.717) is 11.8 Å². The third-order valence-corrected chi connectivity index (χ3v) is 6.04. The van der Waals surface area contributed by atoms with Gasteiger partial charge in [-0.1, -0.05) is 18.2 Å². The predicted octanol–water partition coefficient (Wildman–Crippen LogP) is 5.91. The molecule has 0 N–H and O–H groups in total. The number of hydrogen-bond acceptors (Lipinski definition) is 2. The summed E-state index contributed by atoms with van der Waals surface area (Å²) in [5, 5.41) is 0. The van der Waals surface area contributed by atoms with Crippen LogP contribution in [0.2, 0.25) is 0 Å². The molecular formula is C23H33FO2. The highest BCUT2D eigenvalue weighted by Gasteiger charge is 2.32. The third kappa shape index (κ3) is 5.92. The Kier molecular flexibility index (Phi) is 7.69. The molecule has 1 saturated heterocycles. The maximum atomic E-state index is 13.0. The summed E-state index contributed by atoms with van der Waals surface area (Å²) in [6.07, 6.45) is 12.6. The molecule has 1 aliphatic heterocycles. The summed E-state index contributed by atoms with van der Waals surface area (Å²) in [7, 11) is 0. The minimum atomic E-state index is -0.148. The average Bonchev–Trinajstić information content (AvgIpc) is 2.69. The van der Waals surface area contributed by atoms with Crippen LogP contribution in [0.4, 0.5) is 4.39 Å². The normalized spacial score (nSPS) is 29.4. The minimum absolute atomic E-state index is 0.0173. The van der Waals surface area contributed by atoms with Gasteiger partial charge >= 0.3 is 0 Å². The van der Waals surface area contributed by atoms with E-state index in [1.54, 1.807) is 12.1 Å². The summed E-state index contributed by atoms with van der Waals surface area (Å²) in [5.41, 5.74) is 1.25. The Hall–Kier alpha value is -1.19. The second kappa shape index (κ2) is 10.2. The fraction of sp³-hybridized carbons (Fsp3) is 0.652. The lowest BCUT2D eigenvalue weighted by Gasteiger charge is -2.37. The van der Waals surface area contributed by atoms with Crippen LogP contribution in [0.15, 0.2) is 36.9 Å². The number of unbranched alkanes of at least 4 members (excludes halogenated alkanes) is 1. The largest absolute Gasteiger partial charge is 0.352 e. The minimum Gasteiger partial charge on any atom is -0.352 e. The van der Waals surface area contributed by atoms with E-state index < -0.39 is 0 Å². The highest BCUT2D eigenvalue weighted by atomic mass is 19.1. The fourth-order valence-corrected chi connectivity index (χ4v) is 4.32. The smallest absolute Gasteiger partial charge is 0.160 e. The van der Waals surface area contributed by atoms with Crippen molar-refractivity contribution in [3.8, 4) is 0 Å². The number of rotatable bonds is 8. The van der Waals surface area contributed by atoms with Crippen LogP contribution in [0.5, 0.6) is 0 Å². The zero-order chi connectivity index (χ0) is 18.2. The van der Waals surface area contributed by atoms with Crippen molar-refractivity contribution >= 4 is 0 Å². The van der Waals surface area contributed by atoms with Crippen LogP contribution in [0.25, 0.3) is 0 Å². The van der Waals surface area contributed by atoms with Crippen LogP contribution in [-0.4, -0.2) is 19.5 Å². The number of hydrogen-bond donors (Lipinski definition) is 0. The van der Waals surface area contributed by atoms with E-state index in [-0.39, 0.29) is 12.1 Å². The van der Waals surface area contributed by atoms with Gasteiger partial charge in [0.25, 0.3) is 0 Å². The van der Waals surface area contributed by atoms with E-state index in [9.17, 15) is 4.39 Å². The van der Waals surface area contributed by atoms with Crippen molar-refractivity contribution in [1.29, 1.82) is 0 Å². The molecule has 0 unspecified atom stereocenters. The highest BCUT2D eigenvalue weighted by molar-refractivity contribution is 5.16. The Bertz CT molecular complexity index is 526. The number of halogens is 1. The van der Waals surface area contributed by atoms with Gasteiger partial charge in [0.15, 0.2) is 6.29 Å². The lowest BCUT2D eigenvalue weighted by molar-refractivity contribution is -0.230. The number of ether oxygens (including phenoxy) is 2. The van der Waals surface area contributed by atoms with Crippen LogP contribution in [0.3, 0.4) is 0 Å². The van der Waals surface area contributed by atoms with Crippen LogP contribution in [0.1, 0.15) is 56.9 Å². The van der Waals surface area contributed by atoms with Gasteiger partial charge in [-0.15, -0.1) is 6.58 Å². The summed E-state index contributed by atoms with van der Waals surface area (Å²) in [6.45, 7) is 5.49. The van der Waals surface area contributed by atoms with Crippen molar-refractivity contribution in [2.75, 3.05) is 13.2 Å². The number of allylic oxidation sites excluding steroid dienone is 1. The van der Waals surface area contributed by atoms with Crippen LogP contribution >= 0.6 is 0 Å². The lowest BCUT2D eigenvalue weighted by atomic mass is 9.79. The second-order valence-electron chi connectivity index (χ2n) is 8.07. The lowest BCUT2D eigenvalue weighted by Crippen LogP contribution is -2.38. The summed E-state index contributed by atoms with van der Waals surface area (Å²) < 4.78 is 25.1. The average molecular weight is 361 g/mol. The molecule has 1 aromatic carbocycles. The first kappa shape index (κ1) is 19.6. The molecule has 1 saturated carbocycles. The maximum absolute atomic E-state index is 13.0.